The van der Waals surface area contributed by atoms with Gasteiger partial charge < -0.3 is 4.74 Å². The summed E-state index contributed by atoms with van der Waals surface area (Å²) in [5.74, 6) is -0.0291. The summed E-state index contributed by atoms with van der Waals surface area (Å²) < 4.78 is 5.19. The number of nitro groups is 1. The molecule has 0 spiro atoms. The summed E-state index contributed by atoms with van der Waals surface area (Å²) in [6.45, 7) is 0. The highest BCUT2D eigenvalue weighted by atomic mass is 16.6. The van der Waals surface area contributed by atoms with Crippen LogP contribution >= 0.6 is 0 Å². The van der Waals surface area contributed by atoms with E-state index in [2.05, 4.69) is 6.42 Å². The van der Waals surface area contributed by atoms with Crippen LogP contribution in [-0.2, 0) is 4.79 Å². The van der Waals surface area contributed by atoms with Crippen LogP contribution in [0.15, 0.2) is 24.3 Å². The van der Waals surface area contributed by atoms with Gasteiger partial charge in [0, 0.05) is 12.1 Å². The fraction of sp³-hybridized carbons (Fsp3) is 0.308. The molecular weight excluding hydrogens is 234 g/mol. The van der Waals surface area contributed by atoms with Crippen LogP contribution in [0, 0.1) is 28.9 Å². The zero-order valence-corrected chi connectivity index (χ0v) is 9.74. The van der Waals surface area contributed by atoms with Gasteiger partial charge in [-0.05, 0) is 44.2 Å². The molecule has 5 nitrogen and oxygen atoms in total. The van der Waals surface area contributed by atoms with Crippen molar-refractivity contribution in [3.63, 3.8) is 0 Å². The van der Waals surface area contributed by atoms with Crippen molar-refractivity contribution in [1.82, 2.24) is 0 Å². The van der Waals surface area contributed by atoms with Crippen molar-refractivity contribution in [3.05, 3.63) is 47.2 Å². The van der Waals surface area contributed by atoms with E-state index in [0.717, 1.165) is 12.8 Å². The largest absolute Gasteiger partial charge is 0.426 e. The molecule has 1 atom stereocenters. The molecular formula is C13H13NO4. The standard InChI is InChI=1S/C13H13NO4/c15-13(10-4-2-1-3-5-10)18-12-8-6-11(7-9-12)14(16)17/h1-2,6-10H,3-5H2. The van der Waals surface area contributed by atoms with Gasteiger partial charge in [-0.2, -0.15) is 0 Å². The van der Waals surface area contributed by atoms with Crippen molar-refractivity contribution in [2.24, 2.45) is 5.92 Å². The maximum atomic E-state index is 11.8. The number of carbonyl (C=O) groups excluding carboxylic acids is 1. The lowest BCUT2D eigenvalue weighted by molar-refractivity contribution is -0.384. The predicted molar refractivity (Wildman–Crippen MR) is 64.7 cm³/mol. The highest BCUT2D eigenvalue weighted by Gasteiger charge is 2.23. The Morgan fingerprint density at radius 3 is 2.56 bits per heavy atom. The molecule has 1 aromatic carbocycles. The molecule has 1 fully saturated rings. The molecule has 1 aliphatic rings. The van der Waals surface area contributed by atoms with Crippen LogP contribution in [0.3, 0.4) is 0 Å². The number of ether oxygens (including phenoxy) is 1. The first-order valence-corrected chi connectivity index (χ1v) is 5.78. The summed E-state index contributed by atoms with van der Waals surface area (Å²) in [7, 11) is 0. The van der Waals surface area contributed by atoms with Crippen LogP contribution in [0.25, 0.3) is 0 Å². The molecule has 94 valence electrons. The fourth-order valence-corrected chi connectivity index (χ4v) is 1.84. The second kappa shape index (κ2) is 5.62. The summed E-state index contributed by atoms with van der Waals surface area (Å²) in [6.07, 6.45) is 6.41. The molecule has 0 saturated heterocycles. The van der Waals surface area contributed by atoms with E-state index in [9.17, 15) is 14.9 Å². The van der Waals surface area contributed by atoms with Crippen molar-refractivity contribution in [3.8, 4) is 5.75 Å². The van der Waals surface area contributed by atoms with Crippen molar-refractivity contribution in [1.29, 1.82) is 0 Å². The second-order valence-electron chi connectivity index (χ2n) is 4.15. The van der Waals surface area contributed by atoms with Crippen molar-refractivity contribution < 1.29 is 14.5 Å². The molecule has 0 heterocycles. The predicted octanol–water partition coefficient (Wildman–Crippen LogP) is 2.71. The van der Waals surface area contributed by atoms with Gasteiger partial charge in [0.05, 0.1) is 10.8 Å². The molecule has 0 N–H and O–H groups in total. The first kappa shape index (κ1) is 12.5. The third-order valence-electron chi connectivity index (χ3n) is 2.87. The van der Waals surface area contributed by atoms with Crippen LogP contribution < -0.4 is 4.74 Å². The van der Waals surface area contributed by atoms with Gasteiger partial charge in [0.2, 0.25) is 0 Å². The Kier molecular flexibility index (Phi) is 3.92. The summed E-state index contributed by atoms with van der Waals surface area (Å²) in [5.41, 5.74) is -0.0181. The van der Waals surface area contributed by atoms with Gasteiger partial charge in [-0.3, -0.25) is 14.9 Å². The third kappa shape index (κ3) is 3.06. The molecule has 0 aromatic heterocycles. The average molecular weight is 247 g/mol. The minimum atomic E-state index is -0.489. The van der Waals surface area contributed by atoms with E-state index in [1.165, 1.54) is 24.3 Å². The minimum Gasteiger partial charge on any atom is -0.426 e. The van der Waals surface area contributed by atoms with E-state index < -0.39 is 4.92 Å². The Morgan fingerprint density at radius 1 is 1.28 bits per heavy atom. The molecule has 2 radical (unpaired) electrons. The topological polar surface area (TPSA) is 69.4 Å². The molecule has 1 saturated carbocycles. The minimum absolute atomic E-state index is 0.0181. The van der Waals surface area contributed by atoms with Gasteiger partial charge in [0.1, 0.15) is 5.75 Å². The van der Waals surface area contributed by atoms with E-state index >= 15 is 0 Å². The number of carbonyl (C=O) groups is 1. The van der Waals surface area contributed by atoms with E-state index in [0.29, 0.717) is 12.2 Å². The zero-order valence-electron chi connectivity index (χ0n) is 9.74. The van der Waals surface area contributed by atoms with Gasteiger partial charge in [-0.15, -0.1) is 0 Å². The number of non-ortho nitro benzene ring substituents is 1. The maximum Gasteiger partial charge on any atom is 0.314 e. The number of nitrogens with zero attached hydrogens (tertiary/aromatic N) is 1. The number of nitro benzene ring substituents is 1. The molecule has 0 bridgehead atoms. The summed E-state index contributed by atoms with van der Waals surface area (Å²) >= 11 is 0. The Hall–Kier alpha value is -1.91. The molecule has 2 rings (SSSR count). The molecule has 18 heavy (non-hydrogen) atoms. The van der Waals surface area contributed by atoms with E-state index in [-0.39, 0.29) is 17.6 Å². The maximum absolute atomic E-state index is 11.8. The summed E-state index contributed by atoms with van der Waals surface area (Å²) in [4.78, 5) is 21.8. The molecule has 1 aromatic rings. The average Bonchev–Trinajstić information content (AvgIpc) is 2.40. The monoisotopic (exact) mass is 247 g/mol. The van der Waals surface area contributed by atoms with Gasteiger partial charge in [-0.1, -0.05) is 0 Å². The lowest BCUT2D eigenvalue weighted by Gasteiger charge is -2.19. The third-order valence-corrected chi connectivity index (χ3v) is 2.87. The van der Waals surface area contributed by atoms with E-state index in [4.69, 9.17) is 4.74 Å². The van der Waals surface area contributed by atoms with Crippen molar-refractivity contribution in [2.45, 2.75) is 19.3 Å². The lowest BCUT2D eigenvalue weighted by Crippen LogP contribution is -2.23. The normalized spacial score (nSPS) is 16.2. The molecule has 0 aliphatic heterocycles. The van der Waals surface area contributed by atoms with Crippen LogP contribution in [-0.4, -0.2) is 10.9 Å². The Balaban J connectivity index is 1.96. The zero-order chi connectivity index (χ0) is 13.0. The van der Waals surface area contributed by atoms with Crippen LogP contribution in [0.5, 0.6) is 5.75 Å². The van der Waals surface area contributed by atoms with Gasteiger partial charge in [-0.25, -0.2) is 0 Å². The van der Waals surface area contributed by atoms with E-state index in [1.807, 2.05) is 6.42 Å². The molecule has 5 heteroatoms. The van der Waals surface area contributed by atoms with Gasteiger partial charge in [0.15, 0.2) is 0 Å². The number of esters is 1. The first-order chi connectivity index (χ1) is 8.66. The second-order valence-corrected chi connectivity index (χ2v) is 4.15. The summed E-state index contributed by atoms with van der Waals surface area (Å²) in [5, 5.41) is 10.5. The van der Waals surface area contributed by atoms with Crippen LogP contribution in [0.4, 0.5) is 5.69 Å². The molecule has 0 amide bonds. The number of rotatable bonds is 3. The SMILES string of the molecule is O=C(Oc1ccc([N+](=O)[O-])cc1)C1C[CH][CH]CC1. The number of hydrogen-bond acceptors (Lipinski definition) is 4. The number of benzene rings is 1. The Morgan fingerprint density at radius 2 is 2.00 bits per heavy atom. The van der Waals surface area contributed by atoms with Crippen molar-refractivity contribution >= 4 is 11.7 Å². The smallest absolute Gasteiger partial charge is 0.314 e. The van der Waals surface area contributed by atoms with Gasteiger partial charge in [0.25, 0.3) is 5.69 Å². The Labute approximate surface area is 105 Å². The highest BCUT2D eigenvalue weighted by molar-refractivity contribution is 5.75. The lowest BCUT2D eigenvalue weighted by atomic mass is 9.89. The summed E-state index contributed by atoms with van der Waals surface area (Å²) in [6, 6.07) is 5.52. The number of hydrogen-bond donors (Lipinski definition) is 0. The quantitative estimate of drug-likeness (QED) is 0.356. The van der Waals surface area contributed by atoms with E-state index in [1.54, 1.807) is 0 Å². The Bertz CT molecular complexity index is 435. The molecule has 1 unspecified atom stereocenters. The first-order valence-electron chi connectivity index (χ1n) is 5.78. The van der Waals surface area contributed by atoms with Crippen LogP contribution in [0.2, 0.25) is 0 Å². The van der Waals surface area contributed by atoms with Crippen LogP contribution in [0.1, 0.15) is 19.3 Å². The molecule has 1 aliphatic carbocycles. The highest BCUT2D eigenvalue weighted by Crippen LogP contribution is 2.25. The van der Waals surface area contributed by atoms with Crippen molar-refractivity contribution in [2.75, 3.05) is 0 Å². The van der Waals surface area contributed by atoms with Gasteiger partial charge >= 0.3 is 5.97 Å². The fourth-order valence-electron chi connectivity index (χ4n) is 1.84.